The van der Waals surface area contributed by atoms with Crippen molar-refractivity contribution in [3.63, 3.8) is 0 Å². The zero-order valence-corrected chi connectivity index (χ0v) is 12.2. The van der Waals surface area contributed by atoms with Gasteiger partial charge in [0, 0.05) is 12.6 Å². The lowest BCUT2D eigenvalue weighted by Gasteiger charge is -2.33. The Morgan fingerprint density at radius 2 is 2.16 bits per heavy atom. The normalized spacial score (nSPS) is 19.5. The number of benzene rings is 1. The Hall–Kier alpha value is -1.11. The van der Waals surface area contributed by atoms with E-state index in [1.807, 2.05) is 32.0 Å². The molecule has 0 saturated carbocycles. The van der Waals surface area contributed by atoms with Crippen molar-refractivity contribution >= 4 is 15.9 Å². The smallest absolute Gasteiger partial charge is 0.302 e. The summed E-state index contributed by atoms with van der Waals surface area (Å²) >= 11 is 0. The van der Waals surface area contributed by atoms with E-state index in [1.165, 1.54) is 4.31 Å². The molecule has 0 fully saturated rings. The third kappa shape index (κ3) is 3.26. The number of anilines is 1. The van der Waals surface area contributed by atoms with Gasteiger partial charge in [0.25, 0.3) is 0 Å². The van der Waals surface area contributed by atoms with E-state index in [0.29, 0.717) is 12.2 Å². The zero-order chi connectivity index (χ0) is 13.9. The third-order valence-corrected chi connectivity index (χ3v) is 4.96. The van der Waals surface area contributed by atoms with Crippen LogP contribution >= 0.6 is 0 Å². The summed E-state index contributed by atoms with van der Waals surface area (Å²) in [6.45, 7) is 6.16. The van der Waals surface area contributed by atoms with Crippen molar-refractivity contribution in [3.8, 4) is 0 Å². The van der Waals surface area contributed by atoms with Gasteiger partial charge < -0.3 is 5.32 Å². The molecule has 1 aliphatic heterocycles. The van der Waals surface area contributed by atoms with Crippen LogP contribution in [0.15, 0.2) is 24.3 Å². The van der Waals surface area contributed by atoms with Crippen LogP contribution in [0.25, 0.3) is 0 Å². The SMILES string of the molecule is CCNCCC(C)N1Cc2ccccc2NS1(=O)=O. The molecule has 2 N–H and O–H groups in total. The maximum Gasteiger partial charge on any atom is 0.302 e. The molecule has 0 amide bonds. The quantitative estimate of drug-likeness (QED) is 0.806. The molecule has 0 bridgehead atoms. The molecule has 1 aliphatic rings. The molecule has 1 heterocycles. The molecule has 0 aliphatic carbocycles. The molecule has 19 heavy (non-hydrogen) atoms. The summed E-state index contributed by atoms with van der Waals surface area (Å²) in [5, 5.41) is 3.22. The number of nitrogens with zero attached hydrogens (tertiary/aromatic N) is 1. The van der Waals surface area contributed by atoms with E-state index >= 15 is 0 Å². The third-order valence-electron chi connectivity index (χ3n) is 3.37. The molecular formula is C13H21N3O2S. The highest BCUT2D eigenvalue weighted by Crippen LogP contribution is 2.27. The number of nitrogens with one attached hydrogen (secondary N) is 2. The van der Waals surface area contributed by atoms with E-state index in [2.05, 4.69) is 10.0 Å². The molecular weight excluding hydrogens is 262 g/mol. The van der Waals surface area contributed by atoms with Crippen LogP contribution in [-0.4, -0.2) is 31.9 Å². The van der Waals surface area contributed by atoms with Crippen LogP contribution in [0.5, 0.6) is 0 Å². The van der Waals surface area contributed by atoms with Gasteiger partial charge in [-0.3, -0.25) is 4.72 Å². The van der Waals surface area contributed by atoms with Crippen molar-refractivity contribution in [2.75, 3.05) is 17.8 Å². The Labute approximate surface area is 115 Å². The monoisotopic (exact) mass is 283 g/mol. The van der Waals surface area contributed by atoms with Gasteiger partial charge in [-0.2, -0.15) is 12.7 Å². The largest absolute Gasteiger partial charge is 0.317 e. The molecule has 2 rings (SSSR count). The highest BCUT2D eigenvalue weighted by Gasteiger charge is 2.32. The van der Waals surface area contributed by atoms with Crippen LogP contribution in [0.1, 0.15) is 25.8 Å². The second kappa shape index (κ2) is 5.90. The van der Waals surface area contributed by atoms with Crippen molar-refractivity contribution < 1.29 is 8.42 Å². The van der Waals surface area contributed by atoms with Crippen LogP contribution in [0.3, 0.4) is 0 Å². The van der Waals surface area contributed by atoms with E-state index < -0.39 is 10.2 Å². The van der Waals surface area contributed by atoms with Gasteiger partial charge >= 0.3 is 10.2 Å². The van der Waals surface area contributed by atoms with Gasteiger partial charge in [-0.1, -0.05) is 25.1 Å². The maximum absolute atomic E-state index is 12.2. The van der Waals surface area contributed by atoms with Crippen molar-refractivity contribution in [1.82, 2.24) is 9.62 Å². The fraction of sp³-hybridized carbons (Fsp3) is 0.538. The Kier molecular flexibility index (Phi) is 4.44. The zero-order valence-electron chi connectivity index (χ0n) is 11.4. The average Bonchev–Trinajstić information content (AvgIpc) is 2.37. The van der Waals surface area contributed by atoms with E-state index in [9.17, 15) is 8.42 Å². The number of hydrogen-bond donors (Lipinski definition) is 2. The van der Waals surface area contributed by atoms with E-state index in [1.54, 1.807) is 6.07 Å². The molecule has 0 aromatic heterocycles. The van der Waals surface area contributed by atoms with Crippen LogP contribution in [-0.2, 0) is 16.8 Å². The lowest BCUT2D eigenvalue weighted by molar-refractivity contribution is 0.312. The summed E-state index contributed by atoms with van der Waals surface area (Å²) in [6.07, 6.45) is 0.802. The summed E-state index contributed by atoms with van der Waals surface area (Å²) in [5.74, 6) is 0. The number of fused-ring (bicyclic) bond motifs is 1. The minimum atomic E-state index is -3.42. The summed E-state index contributed by atoms with van der Waals surface area (Å²) in [6, 6.07) is 7.50. The molecule has 1 aromatic rings. The van der Waals surface area contributed by atoms with Crippen molar-refractivity contribution in [3.05, 3.63) is 29.8 Å². The van der Waals surface area contributed by atoms with Crippen molar-refractivity contribution in [2.45, 2.75) is 32.9 Å². The summed E-state index contributed by atoms with van der Waals surface area (Å²) < 4.78 is 28.6. The predicted molar refractivity (Wildman–Crippen MR) is 77.2 cm³/mol. The first kappa shape index (κ1) is 14.3. The van der Waals surface area contributed by atoms with Crippen LogP contribution < -0.4 is 10.0 Å². The Morgan fingerprint density at radius 1 is 1.42 bits per heavy atom. The summed E-state index contributed by atoms with van der Waals surface area (Å²) in [4.78, 5) is 0. The standard InChI is InChI=1S/C13H21N3O2S/c1-3-14-9-8-11(2)16-10-12-6-4-5-7-13(12)15-19(16,17)18/h4-7,11,14-15H,3,8-10H2,1-2H3. The first-order chi connectivity index (χ1) is 9.04. The Bertz CT molecular complexity index is 530. The molecule has 0 saturated heterocycles. The van der Waals surface area contributed by atoms with Crippen LogP contribution in [0.4, 0.5) is 5.69 Å². The first-order valence-corrected chi connectivity index (χ1v) is 8.07. The Balaban J connectivity index is 2.13. The molecule has 106 valence electrons. The van der Waals surface area contributed by atoms with E-state index in [-0.39, 0.29) is 6.04 Å². The second-order valence-electron chi connectivity index (χ2n) is 4.80. The molecule has 0 spiro atoms. The van der Waals surface area contributed by atoms with Gasteiger partial charge in [-0.25, -0.2) is 0 Å². The van der Waals surface area contributed by atoms with Crippen molar-refractivity contribution in [1.29, 1.82) is 0 Å². The van der Waals surface area contributed by atoms with Crippen molar-refractivity contribution in [2.24, 2.45) is 0 Å². The van der Waals surface area contributed by atoms with Gasteiger partial charge in [0.05, 0.1) is 5.69 Å². The number of para-hydroxylation sites is 1. The van der Waals surface area contributed by atoms with E-state index in [4.69, 9.17) is 0 Å². The van der Waals surface area contributed by atoms with E-state index in [0.717, 1.165) is 25.1 Å². The highest BCUT2D eigenvalue weighted by atomic mass is 32.2. The maximum atomic E-state index is 12.2. The highest BCUT2D eigenvalue weighted by molar-refractivity contribution is 7.90. The first-order valence-electron chi connectivity index (χ1n) is 6.63. The number of hydrogen-bond acceptors (Lipinski definition) is 3. The Morgan fingerprint density at radius 3 is 2.89 bits per heavy atom. The molecule has 0 radical (unpaired) electrons. The fourth-order valence-corrected chi connectivity index (χ4v) is 3.72. The topological polar surface area (TPSA) is 61.4 Å². The predicted octanol–water partition coefficient (Wildman–Crippen LogP) is 1.55. The van der Waals surface area contributed by atoms with Gasteiger partial charge in [-0.15, -0.1) is 0 Å². The fourth-order valence-electron chi connectivity index (χ4n) is 2.23. The summed E-state index contributed by atoms with van der Waals surface area (Å²) in [5.41, 5.74) is 1.71. The molecule has 1 atom stereocenters. The molecule has 5 nitrogen and oxygen atoms in total. The minimum Gasteiger partial charge on any atom is -0.317 e. The molecule has 1 unspecified atom stereocenters. The summed E-state index contributed by atoms with van der Waals surface area (Å²) in [7, 11) is -3.42. The number of rotatable bonds is 5. The average molecular weight is 283 g/mol. The molecule has 6 heteroatoms. The minimum absolute atomic E-state index is 0.0232. The van der Waals surface area contributed by atoms with Gasteiger partial charge in [0.1, 0.15) is 0 Å². The lowest BCUT2D eigenvalue weighted by Crippen LogP contribution is -2.45. The van der Waals surface area contributed by atoms with Gasteiger partial charge in [0.15, 0.2) is 0 Å². The lowest BCUT2D eigenvalue weighted by atomic mass is 10.1. The van der Waals surface area contributed by atoms with Gasteiger partial charge in [0.2, 0.25) is 0 Å². The van der Waals surface area contributed by atoms with Gasteiger partial charge in [-0.05, 0) is 38.1 Å². The molecule has 1 aromatic carbocycles. The van der Waals surface area contributed by atoms with Crippen LogP contribution in [0, 0.1) is 0 Å². The second-order valence-corrected chi connectivity index (χ2v) is 6.42. The van der Waals surface area contributed by atoms with Crippen LogP contribution in [0.2, 0.25) is 0 Å².